The molecule has 8 heteroatoms. The lowest BCUT2D eigenvalue weighted by atomic mass is 10.1. The molecule has 0 radical (unpaired) electrons. The highest BCUT2D eigenvalue weighted by atomic mass is 19.1. The highest BCUT2D eigenvalue weighted by Crippen LogP contribution is 2.49. The summed E-state index contributed by atoms with van der Waals surface area (Å²) in [6.45, 7) is 4.11. The van der Waals surface area contributed by atoms with Crippen molar-refractivity contribution < 1.29 is 36.6 Å². The maximum absolute atomic E-state index is 13.4. The average molecular weight is 452 g/mol. The largest absolute Gasteiger partial charge is 0.466 e. The number of esters is 2. The molecule has 0 saturated heterocycles. The van der Waals surface area contributed by atoms with Crippen LogP contribution in [0.1, 0.15) is 49.7 Å². The summed E-state index contributed by atoms with van der Waals surface area (Å²) in [5, 5.41) is 0. The minimum absolute atomic E-state index is 0.153. The van der Waals surface area contributed by atoms with Gasteiger partial charge in [-0.2, -0.15) is 0 Å². The van der Waals surface area contributed by atoms with E-state index in [4.69, 9.17) is 9.47 Å². The average Bonchev–Trinajstić information content (AvgIpc) is 3.63. The van der Waals surface area contributed by atoms with E-state index in [1.165, 1.54) is 24.3 Å². The Morgan fingerprint density at radius 2 is 1.12 bits per heavy atom. The molecule has 32 heavy (non-hydrogen) atoms. The smallest absolute Gasteiger partial charge is 0.309 e. The van der Waals surface area contributed by atoms with Crippen molar-refractivity contribution in [3.8, 4) is 0 Å². The van der Waals surface area contributed by atoms with E-state index < -0.39 is 23.3 Å². The molecule has 0 aliphatic heterocycles. The van der Waals surface area contributed by atoms with Crippen LogP contribution in [0.3, 0.4) is 0 Å². The molecule has 0 spiro atoms. The highest BCUT2D eigenvalue weighted by Gasteiger charge is 2.47. The summed E-state index contributed by atoms with van der Waals surface area (Å²) in [4.78, 5) is 22.7. The lowest BCUT2D eigenvalue weighted by molar-refractivity contribution is -0.145. The number of hydrogen-bond donors (Lipinski definition) is 0. The summed E-state index contributed by atoms with van der Waals surface area (Å²) in [5.74, 6) is -3.80. The van der Waals surface area contributed by atoms with Crippen molar-refractivity contribution in [1.82, 2.24) is 0 Å². The van der Waals surface area contributed by atoms with Crippen molar-refractivity contribution in [2.45, 2.75) is 38.5 Å². The Hall–Kier alpha value is -2.90. The number of carbonyl (C=O) groups is 2. The quantitative estimate of drug-likeness (QED) is 0.443. The normalized spacial score (nSPS) is 22.9. The summed E-state index contributed by atoms with van der Waals surface area (Å²) in [6, 6.07) is 6.90. The molecule has 4 rings (SSSR count). The first-order chi connectivity index (χ1) is 15.3. The van der Waals surface area contributed by atoms with Gasteiger partial charge in [0.05, 0.1) is 25.0 Å². The fourth-order valence-corrected chi connectivity index (χ4v) is 3.70. The molecule has 2 fully saturated rings. The number of rotatable bonds is 6. The van der Waals surface area contributed by atoms with Crippen LogP contribution in [0.2, 0.25) is 0 Å². The lowest BCUT2D eigenvalue weighted by Gasteiger charge is -2.02. The summed E-state index contributed by atoms with van der Waals surface area (Å²) in [5.41, 5.74) is 0.805. The van der Waals surface area contributed by atoms with Gasteiger partial charge in [-0.25, -0.2) is 17.6 Å². The molecule has 2 saturated carbocycles. The number of carbonyl (C=O) groups excluding carboxylic acids is 2. The van der Waals surface area contributed by atoms with Crippen LogP contribution in [0.15, 0.2) is 36.4 Å². The summed E-state index contributed by atoms with van der Waals surface area (Å²) >= 11 is 0. The first kappa shape index (κ1) is 23.8. The fraction of sp³-hybridized carbons (Fsp3) is 0.417. The minimum Gasteiger partial charge on any atom is -0.466 e. The van der Waals surface area contributed by atoms with Crippen LogP contribution in [0.25, 0.3) is 0 Å². The van der Waals surface area contributed by atoms with Crippen LogP contribution in [0.4, 0.5) is 17.6 Å². The Kier molecular flexibility index (Phi) is 7.53. The van der Waals surface area contributed by atoms with Gasteiger partial charge in [-0.15, -0.1) is 0 Å². The molecule has 4 unspecified atom stereocenters. The molecule has 4 nitrogen and oxygen atoms in total. The molecule has 0 bridgehead atoms. The van der Waals surface area contributed by atoms with Crippen LogP contribution in [-0.2, 0) is 19.1 Å². The van der Waals surface area contributed by atoms with Crippen LogP contribution in [0, 0.1) is 35.1 Å². The second-order valence-corrected chi connectivity index (χ2v) is 7.73. The van der Waals surface area contributed by atoms with Crippen molar-refractivity contribution in [2.75, 3.05) is 13.2 Å². The number of hydrogen-bond acceptors (Lipinski definition) is 4. The third-order valence-corrected chi connectivity index (χ3v) is 5.48. The maximum atomic E-state index is 13.4. The monoisotopic (exact) mass is 452 g/mol. The summed E-state index contributed by atoms with van der Waals surface area (Å²) < 4.78 is 61.8. The summed E-state index contributed by atoms with van der Waals surface area (Å²) in [7, 11) is 0. The SMILES string of the molecule is CCOC(=O)C1CC1c1ccc(F)cc1F.CCOC(=O)C1CC1c1ccc(F)cc1F. The molecule has 0 aromatic heterocycles. The molecule has 2 aliphatic rings. The maximum Gasteiger partial charge on any atom is 0.309 e. The van der Waals surface area contributed by atoms with E-state index in [-0.39, 0.29) is 35.6 Å². The summed E-state index contributed by atoms with van der Waals surface area (Å²) in [6.07, 6.45) is 1.17. The zero-order chi connectivity index (χ0) is 23.4. The Morgan fingerprint density at radius 3 is 1.44 bits per heavy atom. The molecule has 172 valence electrons. The Bertz CT molecular complexity index is 914. The van der Waals surface area contributed by atoms with E-state index in [0.29, 0.717) is 37.2 Å². The van der Waals surface area contributed by atoms with Crippen LogP contribution in [0.5, 0.6) is 0 Å². The molecule has 2 aliphatic carbocycles. The van der Waals surface area contributed by atoms with E-state index in [0.717, 1.165) is 12.1 Å². The number of benzene rings is 2. The van der Waals surface area contributed by atoms with Crippen molar-refractivity contribution in [1.29, 1.82) is 0 Å². The number of halogens is 4. The van der Waals surface area contributed by atoms with Gasteiger partial charge in [-0.05, 0) is 49.9 Å². The Balaban J connectivity index is 0.000000181. The van der Waals surface area contributed by atoms with Crippen molar-refractivity contribution >= 4 is 11.9 Å². The Morgan fingerprint density at radius 1 is 0.750 bits per heavy atom. The van der Waals surface area contributed by atoms with E-state index in [2.05, 4.69) is 0 Å². The second kappa shape index (κ2) is 10.1. The lowest BCUT2D eigenvalue weighted by Crippen LogP contribution is -2.07. The molecule has 4 atom stereocenters. The van der Waals surface area contributed by atoms with Gasteiger partial charge in [0.25, 0.3) is 0 Å². The van der Waals surface area contributed by atoms with E-state index in [1.807, 2.05) is 0 Å². The van der Waals surface area contributed by atoms with E-state index >= 15 is 0 Å². The van der Waals surface area contributed by atoms with Crippen LogP contribution < -0.4 is 0 Å². The molecule has 0 N–H and O–H groups in total. The molecule has 2 aromatic carbocycles. The Labute approximate surface area is 183 Å². The van der Waals surface area contributed by atoms with Gasteiger partial charge in [0.1, 0.15) is 23.3 Å². The van der Waals surface area contributed by atoms with Crippen molar-refractivity contribution in [2.24, 2.45) is 11.8 Å². The van der Waals surface area contributed by atoms with Gasteiger partial charge in [-0.3, -0.25) is 9.59 Å². The zero-order valence-electron chi connectivity index (χ0n) is 17.7. The molecular formula is C24H24F4O4. The molecule has 2 aromatic rings. The van der Waals surface area contributed by atoms with Crippen molar-refractivity contribution in [3.05, 3.63) is 70.8 Å². The second-order valence-electron chi connectivity index (χ2n) is 7.73. The number of ether oxygens (including phenoxy) is 2. The topological polar surface area (TPSA) is 52.6 Å². The van der Waals surface area contributed by atoms with Gasteiger partial charge in [0.15, 0.2) is 0 Å². The van der Waals surface area contributed by atoms with E-state index in [9.17, 15) is 27.2 Å². The molecule has 0 amide bonds. The first-order valence-corrected chi connectivity index (χ1v) is 10.5. The van der Waals surface area contributed by atoms with Crippen molar-refractivity contribution in [3.63, 3.8) is 0 Å². The van der Waals surface area contributed by atoms with Gasteiger partial charge in [0, 0.05) is 24.0 Å². The van der Waals surface area contributed by atoms with Gasteiger partial charge in [0.2, 0.25) is 0 Å². The third kappa shape index (κ3) is 5.66. The molecular weight excluding hydrogens is 428 g/mol. The predicted molar refractivity (Wildman–Crippen MR) is 108 cm³/mol. The fourth-order valence-electron chi connectivity index (χ4n) is 3.70. The predicted octanol–water partition coefficient (Wildman–Crippen LogP) is 5.26. The van der Waals surface area contributed by atoms with Gasteiger partial charge >= 0.3 is 11.9 Å². The minimum atomic E-state index is -0.602. The third-order valence-electron chi connectivity index (χ3n) is 5.48. The standard InChI is InChI=1S/2C12H12F2O2/c2*1-2-16-12(15)10-6-9(10)8-4-3-7(13)5-11(8)14/h2*3-5,9-10H,2,6H2,1H3. The van der Waals surface area contributed by atoms with Gasteiger partial charge < -0.3 is 9.47 Å². The van der Waals surface area contributed by atoms with Gasteiger partial charge in [-0.1, -0.05) is 12.1 Å². The zero-order valence-corrected chi connectivity index (χ0v) is 17.7. The van der Waals surface area contributed by atoms with E-state index in [1.54, 1.807) is 13.8 Å². The van der Waals surface area contributed by atoms with Crippen LogP contribution in [-0.4, -0.2) is 25.2 Å². The first-order valence-electron chi connectivity index (χ1n) is 10.5. The van der Waals surface area contributed by atoms with Crippen LogP contribution >= 0.6 is 0 Å². The highest BCUT2D eigenvalue weighted by molar-refractivity contribution is 5.77. The molecule has 0 heterocycles.